The number of nitrogens with one attached hydrogen (secondary N) is 1. The van der Waals surface area contributed by atoms with E-state index in [1.165, 1.54) is 0 Å². The van der Waals surface area contributed by atoms with Gasteiger partial charge in [-0.3, -0.25) is 0 Å². The SMILES string of the molecule is CCCC(C)(C)Nc1cccc(C(N)=S)n1. The summed E-state index contributed by atoms with van der Waals surface area (Å²) in [6.45, 7) is 6.49. The first-order valence-electron chi connectivity index (χ1n) is 5.49. The molecule has 0 aliphatic carbocycles. The molecule has 0 radical (unpaired) electrons. The summed E-state index contributed by atoms with van der Waals surface area (Å²) >= 11 is 4.90. The summed E-state index contributed by atoms with van der Waals surface area (Å²) in [6.07, 6.45) is 2.22. The van der Waals surface area contributed by atoms with Gasteiger partial charge in [0, 0.05) is 5.54 Å². The summed E-state index contributed by atoms with van der Waals surface area (Å²) in [7, 11) is 0. The van der Waals surface area contributed by atoms with E-state index >= 15 is 0 Å². The van der Waals surface area contributed by atoms with E-state index < -0.39 is 0 Å². The quantitative estimate of drug-likeness (QED) is 0.773. The highest BCUT2D eigenvalue weighted by atomic mass is 32.1. The summed E-state index contributed by atoms with van der Waals surface area (Å²) < 4.78 is 0. The predicted molar refractivity (Wildman–Crippen MR) is 72.7 cm³/mol. The largest absolute Gasteiger partial charge is 0.388 e. The minimum Gasteiger partial charge on any atom is -0.388 e. The van der Waals surface area contributed by atoms with Gasteiger partial charge in [0.15, 0.2) is 0 Å². The van der Waals surface area contributed by atoms with Gasteiger partial charge in [0.05, 0.1) is 5.69 Å². The Balaban J connectivity index is 2.81. The fourth-order valence-corrected chi connectivity index (χ4v) is 1.79. The standard InChI is InChI=1S/C12H19N3S/c1-4-8-12(2,3)15-10-7-5-6-9(14-10)11(13)16/h5-7H,4,8H2,1-3H3,(H2,13,16)(H,14,15). The maximum absolute atomic E-state index is 5.55. The third-order valence-corrected chi connectivity index (χ3v) is 2.55. The van der Waals surface area contributed by atoms with E-state index in [0.717, 1.165) is 18.7 Å². The van der Waals surface area contributed by atoms with E-state index in [9.17, 15) is 0 Å². The molecule has 0 fully saturated rings. The lowest BCUT2D eigenvalue weighted by atomic mass is 9.99. The molecular weight excluding hydrogens is 218 g/mol. The van der Waals surface area contributed by atoms with Crippen LogP contribution in [-0.2, 0) is 0 Å². The lowest BCUT2D eigenvalue weighted by Crippen LogP contribution is -2.31. The maximum atomic E-state index is 5.55. The minimum atomic E-state index is 0.0383. The zero-order chi connectivity index (χ0) is 12.2. The molecule has 0 saturated heterocycles. The lowest BCUT2D eigenvalue weighted by molar-refractivity contribution is 0.509. The van der Waals surface area contributed by atoms with Crippen LogP contribution >= 0.6 is 12.2 Å². The van der Waals surface area contributed by atoms with Gasteiger partial charge in [0.25, 0.3) is 0 Å². The van der Waals surface area contributed by atoms with Crippen molar-refractivity contribution < 1.29 is 0 Å². The van der Waals surface area contributed by atoms with Gasteiger partial charge in [-0.15, -0.1) is 0 Å². The highest BCUT2D eigenvalue weighted by molar-refractivity contribution is 7.80. The van der Waals surface area contributed by atoms with Crippen LogP contribution in [0.2, 0.25) is 0 Å². The van der Waals surface area contributed by atoms with E-state index in [1.807, 2.05) is 18.2 Å². The maximum Gasteiger partial charge on any atom is 0.127 e. The first-order chi connectivity index (χ1) is 7.44. The number of nitrogens with two attached hydrogens (primary N) is 1. The Morgan fingerprint density at radius 2 is 2.19 bits per heavy atom. The second kappa shape index (κ2) is 5.25. The second-order valence-corrected chi connectivity index (χ2v) is 4.97. The van der Waals surface area contributed by atoms with Crippen LogP contribution in [0, 0.1) is 0 Å². The Morgan fingerprint density at radius 1 is 1.50 bits per heavy atom. The van der Waals surface area contributed by atoms with Gasteiger partial charge in [-0.25, -0.2) is 4.98 Å². The summed E-state index contributed by atoms with van der Waals surface area (Å²) in [5.41, 5.74) is 6.24. The highest BCUT2D eigenvalue weighted by Crippen LogP contribution is 2.18. The first kappa shape index (κ1) is 12.9. The molecule has 0 amide bonds. The smallest absolute Gasteiger partial charge is 0.127 e. The van der Waals surface area contributed by atoms with Crippen molar-refractivity contribution in [2.45, 2.75) is 39.2 Å². The van der Waals surface area contributed by atoms with Crippen LogP contribution in [0.1, 0.15) is 39.3 Å². The Labute approximate surface area is 102 Å². The number of pyridine rings is 1. The normalized spacial score (nSPS) is 11.2. The average Bonchev–Trinajstić information content (AvgIpc) is 2.17. The highest BCUT2D eigenvalue weighted by Gasteiger charge is 2.16. The van der Waals surface area contributed by atoms with Crippen molar-refractivity contribution in [1.82, 2.24) is 4.98 Å². The average molecular weight is 237 g/mol. The van der Waals surface area contributed by atoms with Crippen molar-refractivity contribution in [3.05, 3.63) is 23.9 Å². The van der Waals surface area contributed by atoms with Crippen molar-refractivity contribution in [2.24, 2.45) is 5.73 Å². The number of aromatic nitrogens is 1. The number of nitrogens with zero attached hydrogens (tertiary/aromatic N) is 1. The third kappa shape index (κ3) is 3.77. The molecule has 0 unspecified atom stereocenters. The second-order valence-electron chi connectivity index (χ2n) is 4.53. The molecule has 0 saturated carbocycles. The van der Waals surface area contributed by atoms with Gasteiger partial charge in [-0.1, -0.05) is 31.6 Å². The van der Waals surface area contributed by atoms with Crippen LogP contribution < -0.4 is 11.1 Å². The number of hydrogen-bond acceptors (Lipinski definition) is 3. The molecule has 88 valence electrons. The van der Waals surface area contributed by atoms with Crippen molar-refractivity contribution >= 4 is 23.0 Å². The first-order valence-corrected chi connectivity index (χ1v) is 5.90. The molecule has 0 spiro atoms. The molecule has 1 aromatic rings. The van der Waals surface area contributed by atoms with Crippen LogP contribution in [0.15, 0.2) is 18.2 Å². The van der Waals surface area contributed by atoms with E-state index in [1.54, 1.807) is 0 Å². The summed E-state index contributed by atoms with van der Waals surface area (Å²) in [5.74, 6) is 0.823. The lowest BCUT2D eigenvalue weighted by Gasteiger charge is -2.26. The van der Waals surface area contributed by atoms with E-state index in [4.69, 9.17) is 18.0 Å². The van der Waals surface area contributed by atoms with Crippen molar-refractivity contribution in [1.29, 1.82) is 0 Å². The molecule has 0 aliphatic heterocycles. The zero-order valence-electron chi connectivity index (χ0n) is 10.1. The molecule has 1 aromatic heterocycles. The van der Waals surface area contributed by atoms with Gasteiger partial charge < -0.3 is 11.1 Å². The summed E-state index contributed by atoms with van der Waals surface area (Å²) in [4.78, 5) is 4.69. The topological polar surface area (TPSA) is 50.9 Å². The number of anilines is 1. The molecule has 3 nitrogen and oxygen atoms in total. The Bertz CT molecular complexity index is 374. The molecule has 1 rings (SSSR count). The summed E-state index contributed by atoms with van der Waals surface area (Å²) in [5, 5.41) is 3.39. The minimum absolute atomic E-state index is 0.0383. The van der Waals surface area contributed by atoms with Gasteiger partial charge in [0.2, 0.25) is 0 Å². The van der Waals surface area contributed by atoms with E-state index in [2.05, 4.69) is 31.1 Å². The Hall–Kier alpha value is -1.16. The molecule has 4 heteroatoms. The van der Waals surface area contributed by atoms with Gasteiger partial charge >= 0.3 is 0 Å². The summed E-state index contributed by atoms with van der Waals surface area (Å²) in [6, 6.07) is 5.66. The zero-order valence-corrected chi connectivity index (χ0v) is 10.9. The fraction of sp³-hybridized carbons (Fsp3) is 0.500. The number of hydrogen-bond donors (Lipinski definition) is 2. The van der Waals surface area contributed by atoms with Crippen LogP contribution in [0.3, 0.4) is 0 Å². The molecule has 0 aromatic carbocycles. The molecule has 3 N–H and O–H groups in total. The van der Waals surface area contributed by atoms with Crippen molar-refractivity contribution in [3.8, 4) is 0 Å². The van der Waals surface area contributed by atoms with Gasteiger partial charge in [-0.2, -0.15) is 0 Å². The van der Waals surface area contributed by atoms with Gasteiger partial charge in [-0.05, 0) is 32.4 Å². The van der Waals surface area contributed by atoms with Crippen molar-refractivity contribution in [3.63, 3.8) is 0 Å². The van der Waals surface area contributed by atoms with Crippen LogP contribution in [0.25, 0.3) is 0 Å². The molecule has 0 bridgehead atoms. The number of rotatable bonds is 5. The fourth-order valence-electron chi connectivity index (χ4n) is 1.68. The third-order valence-electron chi connectivity index (χ3n) is 2.34. The molecule has 1 heterocycles. The van der Waals surface area contributed by atoms with Crippen LogP contribution in [-0.4, -0.2) is 15.5 Å². The molecular formula is C12H19N3S. The van der Waals surface area contributed by atoms with E-state index in [-0.39, 0.29) is 5.54 Å². The van der Waals surface area contributed by atoms with E-state index in [0.29, 0.717) is 10.7 Å². The van der Waals surface area contributed by atoms with Crippen molar-refractivity contribution in [2.75, 3.05) is 5.32 Å². The Kier molecular flexibility index (Phi) is 4.24. The molecule has 16 heavy (non-hydrogen) atoms. The molecule has 0 aliphatic rings. The predicted octanol–water partition coefficient (Wildman–Crippen LogP) is 2.71. The Morgan fingerprint density at radius 3 is 2.75 bits per heavy atom. The van der Waals surface area contributed by atoms with Crippen LogP contribution in [0.5, 0.6) is 0 Å². The molecule has 0 atom stereocenters. The van der Waals surface area contributed by atoms with Crippen LogP contribution in [0.4, 0.5) is 5.82 Å². The number of thiocarbonyl (C=S) groups is 1. The van der Waals surface area contributed by atoms with Gasteiger partial charge in [0.1, 0.15) is 10.8 Å². The monoisotopic (exact) mass is 237 g/mol.